The standard InChI is InChI=1S/C18H28N2/c1-14-9-10-20(12-15(14)2)13-17-5-3-16(4-6-17)11-19-18-7-8-18/h3-6,14-15,18-19H,7-13H2,1-2H3. The average molecular weight is 272 g/mol. The van der Waals surface area contributed by atoms with E-state index in [9.17, 15) is 0 Å². The van der Waals surface area contributed by atoms with E-state index in [2.05, 4.69) is 48.3 Å². The lowest BCUT2D eigenvalue weighted by Crippen LogP contribution is -2.37. The summed E-state index contributed by atoms with van der Waals surface area (Å²) in [4.78, 5) is 2.61. The molecular weight excluding hydrogens is 244 g/mol. The van der Waals surface area contributed by atoms with E-state index < -0.39 is 0 Å². The third-order valence-electron chi connectivity index (χ3n) is 5.02. The average Bonchev–Trinajstić information content (AvgIpc) is 3.26. The first-order chi connectivity index (χ1) is 9.70. The zero-order chi connectivity index (χ0) is 13.9. The summed E-state index contributed by atoms with van der Waals surface area (Å²) in [7, 11) is 0. The molecule has 0 spiro atoms. The quantitative estimate of drug-likeness (QED) is 0.883. The summed E-state index contributed by atoms with van der Waals surface area (Å²) >= 11 is 0. The van der Waals surface area contributed by atoms with E-state index in [-0.39, 0.29) is 0 Å². The van der Waals surface area contributed by atoms with Gasteiger partial charge in [-0.25, -0.2) is 0 Å². The van der Waals surface area contributed by atoms with E-state index in [0.29, 0.717) is 0 Å². The van der Waals surface area contributed by atoms with Crippen LogP contribution < -0.4 is 5.32 Å². The molecule has 1 aromatic carbocycles. The van der Waals surface area contributed by atoms with Gasteiger partial charge in [-0.05, 0) is 48.8 Å². The van der Waals surface area contributed by atoms with Crippen molar-refractivity contribution in [2.45, 2.75) is 52.2 Å². The molecule has 1 aliphatic carbocycles. The van der Waals surface area contributed by atoms with E-state index in [0.717, 1.165) is 31.0 Å². The van der Waals surface area contributed by atoms with Crippen LogP contribution in [0.3, 0.4) is 0 Å². The summed E-state index contributed by atoms with van der Waals surface area (Å²) in [6, 6.07) is 10.0. The van der Waals surface area contributed by atoms with Crippen molar-refractivity contribution in [1.82, 2.24) is 10.2 Å². The second-order valence-electron chi connectivity index (χ2n) is 6.95. The number of likely N-dealkylation sites (tertiary alicyclic amines) is 1. The van der Waals surface area contributed by atoms with E-state index in [1.165, 1.54) is 43.5 Å². The lowest BCUT2D eigenvalue weighted by Gasteiger charge is -2.35. The number of rotatable bonds is 5. The van der Waals surface area contributed by atoms with Crippen molar-refractivity contribution in [2.75, 3.05) is 13.1 Å². The van der Waals surface area contributed by atoms with Crippen LogP contribution in [0.25, 0.3) is 0 Å². The fraction of sp³-hybridized carbons (Fsp3) is 0.667. The van der Waals surface area contributed by atoms with Crippen LogP contribution >= 0.6 is 0 Å². The molecule has 2 atom stereocenters. The Hall–Kier alpha value is -0.860. The summed E-state index contributed by atoms with van der Waals surface area (Å²) in [5.41, 5.74) is 2.88. The Morgan fingerprint density at radius 1 is 1.00 bits per heavy atom. The molecule has 0 radical (unpaired) electrons. The van der Waals surface area contributed by atoms with Crippen LogP contribution in [0.1, 0.15) is 44.2 Å². The molecule has 1 aromatic rings. The minimum atomic E-state index is 0.798. The van der Waals surface area contributed by atoms with Gasteiger partial charge < -0.3 is 5.32 Å². The van der Waals surface area contributed by atoms with Gasteiger partial charge in [-0.2, -0.15) is 0 Å². The lowest BCUT2D eigenvalue weighted by atomic mass is 9.88. The van der Waals surface area contributed by atoms with E-state index in [1.807, 2.05) is 0 Å². The van der Waals surface area contributed by atoms with E-state index in [1.54, 1.807) is 0 Å². The number of hydrogen-bond acceptors (Lipinski definition) is 2. The van der Waals surface area contributed by atoms with Gasteiger partial charge >= 0.3 is 0 Å². The first-order valence-electron chi connectivity index (χ1n) is 8.24. The van der Waals surface area contributed by atoms with Gasteiger partial charge in [-0.15, -0.1) is 0 Å². The fourth-order valence-corrected chi connectivity index (χ4v) is 3.06. The lowest BCUT2D eigenvalue weighted by molar-refractivity contribution is 0.132. The fourth-order valence-electron chi connectivity index (χ4n) is 3.06. The maximum atomic E-state index is 3.57. The van der Waals surface area contributed by atoms with Crippen molar-refractivity contribution in [3.05, 3.63) is 35.4 Å². The molecule has 2 fully saturated rings. The topological polar surface area (TPSA) is 15.3 Å². The van der Waals surface area contributed by atoms with Gasteiger partial charge in [0.2, 0.25) is 0 Å². The molecule has 2 nitrogen and oxygen atoms in total. The summed E-state index contributed by atoms with van der Waals surface area (Å²) < 4.78 is 0. The Labute approximate surface area is 123 Å². The molecule has 1 saturated carbocycles. The highest BCUT2D eigenvalue weighted by molar-refractivity contribution is 5.22. The highest BCUT2D eigenvalue weighted by Crippen LogP contribution is 2.24. The highest BCUT2D eigenvalue weighted by Gasteiger charge is 2.22. The largest absolute Gasteiger partial charge is 0.310 e. The Morgan fingerprint density at radius 3 is 2.35 bits per heavy atom. The third-order valence-corrected chi connectivity index (χ3v) is 5.02. The molecule has 0 bridgehead atoms. The van der Waals surface area contributed by atoms with Crippen LogP contribution in [-0.2, 0) is 13.1 Å². The Balaban J connectivity index is 1.49. The molecule has 1 saturated heterocycles. The molecule has 2 unspecified atom stereocenters. The van der Waals surface area contributed by atoms with Crippen molar-refractivity contribution < 1.29 is 0 Å². The summed E-state index contributed by atoms with van der Waals surface area (Å²) in [6.45, 7) is 9.45. The highest BCUT2D eigenvalue weighted by atomic mass is 15.1. The zero-order valence-electron chi connectivity index (χ0n) is 12.9. The van der Waals surface area contributed by atoms with E-state index in [4.69, 9.17) is 0 Å². The monoisotopic (exact) mass is 272 g/mol. The molecule has 1 aliphatic heterocycles. The maximum absolute atomic E-state index is 3.57. The number of hydrogen-bond donors (Lipinski definition) is 1. The van der Waals surface area contributed by atoms with Crippen LogP contribution in [0.4, 0.5) is 0 Å². The van der Waals surface area contributed by atoms with Gasteiger partial charge in [-0.3, -0.25) is 4.90 Å². The molecule has 110 valence electrons. The normalized spacial score (nSPS) is 27.7. The first kappa shape index (κ1) is 14.1. The zero-order valence-corrected chi connectivity index (χ0v) is 12.9. The van der Waals surface area contributed by atoms with Gasteiger partial charge in [0.25, 0.3) is 0 Å². The van der Waals surface area contributed by atoms with E-state index >= 15 is 0 Å². The number of benzene rings is 1. The van der Waals surface area contributed by atoms with Crippen molar-refractivity contribution in [1.29, 1.82) is 0 Å². The third kappa shape index (κ3) is 3.83. The SMILES string of the molecule is CC1CCN(Cc2ccc(CNC3CC3)cc2)CC1C. The van der Waals surface area contributed by atoms with Crippen molar-refractivity contribution in [3.8, 4) is 0 Å². The van der Waals surface area contributed by atoms with Crippen LogP contribution in [0, 0.1) is 11.8 Å². The van der Waals surface area contributed by atoms with Gasteiger partial charge in [0.15, 0.2) is 0 Å². The number of nitrogens with zero attached hydrogens (tertiary/aromatic N) is 1. The Kier molecular flexibility index (Phi) is 4.42. The predicted molar refractivity (Wildman–Crippen MR) is 84.5 cm³/mol. The van der Waals surface area contributed by atoms with Crippen molar-refractivity contribution in [3.63, 3.8) is 0 Å². The minimum absolute atomic E-state index is 0.798. The molecular formula is C18H28N2. The smallest absolute Gasteiger partial charge is 0.0233 e. The molecule has 0 aromatic heterocycles. The van der Waals surface area contributed by atoms with Crippen molar-refractivity contribution >= 4 is 0 Å². The summed E-state index contributed by atoms with van der Waals surface area (Å²) in [5, 5.41) is 3.57. The molecule has 2 aliphatic rings. The Morgan fingerprint density at radius 2 is 1.70 bits per heavy atom. The molecule has 0 amide bonds. The molecule has 2 heteroatoms. The molecule has 1 N–H and O–H groups in total. The van der Waals surface area contributed by atoms with Crippen LogP contribution in [0.2, 0.25) is 0 Å². The molecule has 3 rings (SSSR count). The van der Waals surface area contributed by atoms with Crippen LogP contribution in [-0.4, -0.2) is 24.0 Å². The molecule has 1 heterocycles. The van der Waals surface area contributed by atoms with Crippen LogP contribution in [0.15, 0.2) is 24.3 Å². The predicted octanol–water partition coefficient (Wildman–Crippen LogP) is 3.42. The van der Waals surface area contributed by atoms with Crippen molar-refractivity contribution in [2.24, 2.45) is 11.8 Å². The van der Waals surface area contributed by atoms with Gasteiger partial charge in [-0.1, -0.05) is 38.1 Å². The first-order valence-corrected chi connectivity index (χ1v) is 8.24. The Bertz CT molecular complexity index is 422. The summed E-state index contributed by atoms with van der Waals surface area (Å²) in [6.07, 6.45) is 4.08. The van der Waals surface area contributed by atoms with Gasteiger partial charge in [0.1, 0.15) is 0 Å². The van der Waals surface area contributed by atoms with Gasteiger partial charge in [0, 0.05) is 25.7 Å². The summed E-state index contributed by atoms with van der Waals surface area (Å²) in [5.74, 6) is 1.73. The second-order valence-corrected chi connectivity index (χ2v) is 6.95. The number of piperidine rings is 1. The maximum Gasteiger partial charge on any atom is 0.0233 e. The minimum Gasteiger partial charge on any atom is -0.310 e. The number of nitrogens with one attached hydrogen (secondary N) is 1. The molecule has 20 heavy (non-hydrogen) atoms. The second kappa shape index (κ2) is 6.28. The van der Waals surface area contributed by atoms with Gasteiger partial charge in [0.05, 0.1) is 0 Å². The van der Waals surface area contributed by atoms with Crippen LogP contribution in [0.5, 0.6) is 0 Å².